The number of H-pyrrole nitrogens is 1. The number of benzene rings is 1. The predicted octanol–water partition coefficient (Wildman–Crippen LogP) is 0.930. The zero-order valence-corrected chi connectivity index (χ0v) is 19.3. The van der Waals surface area contributed by atoms with E-state index in [2.05, 4.69) is 15.6 Å². The molecule has 0 bridgehead atoms. The summed E-state index contributed by atoms with van der Waals surface area (Å²) in [6, 6.07) is 8.67. The van der Waals surface area contributed by atoms with Crippen LogP contribution in [0.3, 0.4) is 0 Å². The van der Waals surface area contributed by atoms with Crippen molar-refractivity contribution in [1.82, 2.24) is 20.2 Å². The number of carbonyl (C=O) groups is 2. The van der Waals surface area contributed by atoms with E-state index < -0.39 is 23.2 Å². The number of urea groups is 1. The molecule has 0 saturated heterocycles. The summed E-state index contributed by atoms with van der Waals surface area (Å²) in [7, 11) is 1.48. The van der Waals surface area contributed by atoms with Crippen LogP contribution < -0.4 is 32.5 Å². The molecular weight excluding hydrogens is 440 g/mol. The molecule has 0 radical (unpaired) electrons. The van der Waals surface area contributed by atoms with Crippen molar-refractivity contribution >= 4 is 23.4 Å². The Hall–Kier alpha value is -3.60. The van der Waals surface area contributed by atoms with Crippen molar-refractivity contribution in [3.8, 4) is 0 Å². The molecule has 1 aliphatic carbocycles. The second-order valence-electron chi connectivity index (χ2n) is 8.34. The van der Waals surface area contributed by atoms with Gasteiger partial charge in [0.1, 0.15) is 11.5 Å². The molecule has 1 heterocycles. The number of methoxy groups -OCH3 is 1. The smallest absolute Gasteiger partial charge is 0.330 e. The third-order valence-electron chi connectivity index (χ3n) is 5.79. The average molecular weight is 473 g/mol. The van der Waals surface area contributed by atoms with Crippen LogP contribution in [0.15, 0.2) is 39.9 Å². The van der Waals surface area contributed by atoms with Crippen molar-refractivity contribution in [3.05, 3.63) is 56.7 Å². The zero-order valence-electron chi connectivity index (χ0n) is 19.3. The van der Waals surface area contributed by atoms with Gasteiger partial charge in [0.2, 0.25) is 5.91 Å². The van der Waals surface area contributed by atoms with E-state index in [0.717, 1.165) is 37.7 Å². The summed E-state index contributed by atoms with van der Waals surface area (Å²) in [4.78, 5) is 53.8. The first-order valence-electron chi connectivity index (χ1n) is 11.4. The molecule has 0 atom stereocenters. The van der Waals surface area contributed by atoms with Gasteiger partial charge < -0.3 is 20.7 Å². The molecule has 0 unspecified atom stereocenters. The molecule has 2 aromatic rings. The Kier molecular flexibility index (Phi) is 8.86. The summed E-state index contributed by atoms with van der Waals surface area (Å²) in [6.45, 7) is 0.174. The number of imide groups is 1. The Labute approximate surface area is 197 Å². The van der Waals surface area contributed by atoms with Gasteiger partial charge in [-0.3, -0.25) is 24.5 Å². The molecule has 5 N–H and O–H groups in total. The van der Waals surface area contributed by atoms with E-state index in [4.69, 9.17) is 10.5 Å². The van der Waals surface area contributed by atoms with Gasteiger partial charge in [-0.1, -0.05) is 49.6 Å². The van der Waals surface area contributed by atoms with E-state index in [0.29, 0.717) is 0 Å². The first kappa shape index (κ1) is 25.0. The molecule has 3 amide bonds. The topological polar surface area (TPSA) is 152 Å². The number of nitrogens with one attached hydrogen (secondary N) is 3. The third kappa shape index (κ3) is 6.70. The van der Waals surface area contributed by atoms with E-state index in [-0.39, 0.29) is 43.8 Å². The van der Waals surface area contributed by atoms with Crippen LogP contribution in [-0.2, 0) is 22.6 Å². The number of amides is 3. The van der Waals surface area contributed by atoms with Crippen LogP contribution in [0.1, 0.15) is 37.7 Å². The SMILES string of the molecule is COCCn1c(N)c(N(CC(=O)NC(=O)NC2CCCCC2)Cc2ccccc2)c(=O)[nH]c1=O. The number of aromatic amines is 1. The van der Waals surface area contributed by atoms with Gasteiger partial charge in [-0.25, -0.2) is 9.59 Å². The highest BCUT2D eigenvalue weighted by atomic mass is 16.5. The summed E-state index contributed by atoms with van der Waals surface area (Å²) in [5.74, 6) is -0.682. The van der Waals surface area contributed by atoms with E-state index >= 15 is 0 Å². The Bertz CT molecular complexity index is 1090. The summed E-state index contributed by atoms with van der Waals surface area (Å²) < 4.78 is 6.21. The number of rotatable bonds is 9. The molecule has 11 heteroatoms. The number of aromatic nitrogens is 2. The number of carbonyl (C=O) groups excluding carboxylic acids is 2. The molecule has 1 aromatic carbocycles. The van der Waals surface area contributed by atoms with Gasteiger partial charge >= 0.3 is 11.7 Å². The van der Waals surface area contributed by atoms with E-state index in [9.17, 15) is 19.2 Å². The number of hydrogen-bond acceptors (Lipinski definition) is 7. The molecule has 34 heavy (non-hydrogen) atoms. The number of nitrogens with two attached hydrogens (primary N) is 1. The third-order valence-corrected chi connectivity index (χ3v) is 5.79. The Morgan fingerprint density at radius 1 is 1.18 bits per heavy atom. The minimum absolute atomic E-state index is 0.0256. The Morgan fingerprint density at radius 2 is 1.88 bits per heavy atom. The van der Waals surface area contributed by atoms with Gasteiger partial charge in [0, 0.05) is 19.7 Å². The molecule has 1 aliphatic rings. The fourth-order valence-corrected chi connectivity index (χ4v) is 4.11. The van der Waals surface area contributed by atoms with Crippen LogP contribution in [0.4, 0.5) is 16.3 Å². The van der Waals surface area contributed by atoms with Crippen molar-refractivity contribution < 1.29 is 14.3 Å². The van der Waals surface area contributed by atoms with Gasteiger partial charge in [0.15, 0.2) is 0 Å². The monoisotopic (exact) mass is 472 g/mol. The van der Waals surface area contributed by atoms with Gasteiger partial charge in [-0.2, -0.15) is 0 Å². The van der Waals surface area contributed by atoms with Crippen LogP contribution in [0.5, 0.6) is 0 Å². The van der Waals surface area contributed by atoms with Crippen molar-refractivity contribution in [2.24, 2.45) is 0 Å². The zero-order chi connectivity index (χ0) is 24.5. The Balaban J connectivity index is 1.83. The molecule has 1 fully saturated rings. The van der Waals surface area contributed by atoms with E-state index in [1.807, 2.05) is 30.3 Å². The largest absolute Gasteiger partial charge is 0.383 e. The molecule has 0 spiro atoms. The van der Waals surface area contributed by atoms with E-state index in [1.165, 1.54) is 16.6 Å². The molecule has 184 valence electrons. The maximum atomic E-state index is 12.8. The lowest BCUT2D eigenvalue weighted by molar-refractivity contribution is -0.118. The minimum Gasteiger partial charge on any atom is -0.383 e. The number of anilines is 2. The van der Waals surface area contributed by atoms with Gasteiger partial charge in [-0.15, -0.1) is 0 Å². The number of ether oxygens (including phenoxy) is 1. The highest BCUT2D eigenvalue weighted by molar-refractivity contribution is 5.96. The lowest BCUT2D eigenvalue weighted by Gasteiger charge is -2.26. The maximum Gasteiger partial charge on any atom is 0.330 e. The number of hydrogen-bond donors (Lipinski definition) is 4. The van der Waals surface area contributed by atoms with Crippen LogP contribution in [0.25, 0.3) is 0 Å². The van der Waals surface area contributed by atoms with Crippen LogP contribution in [-0.4, -0.2) is 47.8 Å². The Morgan fingerprint density at radius 3 is 2.56 bits per heavy atom. The second-order valence-corrected chi connectivity index (χ2v) is 8.34. The molecular formula is C23H32N6O5. The van der Waals surface area contributed by atoms with Crippen LogP contribution in [0, 0.1) is 0 Å². The van der Waals surface area contributed by atoms with Gasteiger partial charge in [-0.05, 0) is 18.4 Å². The summed E-state index contributed by atoms with van der Waals surface area (Å²) in [6.07, 6.45) is 5.01. The fourth-order valence-electron chi connectivity index (χ4n) is 4.11. The highest BCUT2D eigenvalue weighted by Gasteiger charge is 2.23. The van der Waals surface area contributed by atoms with Gasteiger partial charge in [0.25, 0.3) is 5.56 Å². The van der Waals surface area contributed by atoms with Crippen molar-refractivity contribution in [2.45, 2.75) is 51.2 Å². The first-order chi connectivity index (χ1) is 16.4. The molecule has 1 aromatic heterocycles. The highest BCUT2D eigenvalue weighted by Crippen LogP contribution is 2.19. The average Bonchev–Trinajstić information content (AvgIpc) is 2.80. The summed E-state index contributed by atoms with van der Waals surface area (Å²) in [5, 5.41) is 5.17. The molecule has 11 nitrogen and oxygen atoms in total. The van der Waals surface area contributed by atoms with Gasteiger partial charge in [0.05, 0.1) is 19.7 Å². The standard InChI is InChI=1S/C23H32N6O5/c1-34-13-12-29-20(24)19(21(31)27-23(29)33)28(14-16-8-4-2-5-9-16)15-18(30)26-22(32)25-17-10-6-3-7-11-17/h2,4-5,8-9,17H,3,6-7,10-15,24H2,1H3,(H,27,31,33)(H2,25,26,30,32). The fraction of sp³-hybridized carbons (Fsp3) is 0.478. The van der Waals surface area contributed by atoms with Crippen molar-refractivity contribution in [3.63, 3.8) is 0 Å². The molecule has 0 aliphatic heterocycles. The maximum absolute atomic E-state index is 12.8. The lowest BCUT2D eigenvalue weighted by atomic mass is 9.96. The predicted molar refractivity (Wildman–Crippen MR) is 129 cm³/mol. The number of nitrogens with zero attached hydrogens (tertiary/aromatic N) is 2. The normalized spacial score (nSPS) is 13.9. The molecule has 1 saturated carbocycles. The van der Waals surface area contributed by atoms with Crippen molar-refractivity contribution in [1.29, 1.82) is 0 Å². The minimum atomic E-state index is -0.716. The summed E-state index contributed by atoms with van der Waals surface area (Å²) >= 11 is 0. The summed E-state index contributed by atoms with van der Waals surface area (Å²) in [5.41, 5.74) is 5.62. The second kappa shape index (κ2) is 12.0. The van der Waals surface area contributed by atoms with Crippen LogP contribution in [0.2, 0.25) is 0 Å². The van der Waals surface area contributed by atoms with Crippen LogP contribution >= 0.6 is 0 Å². The first-order valence-corrected chi connectivity index (χ1v) is 11.4. The quantitative estimate of drug-likeness (QED) is 0.424. The van der Waals surface area contributed by atoms with Crippen molar-refractivity contribution in [2.75, 3.05) is 30.9 Å². The number of nitrogen functional groups attached to an aromatic ring is 1. The molecule has 3 rings (SSSR count). The van der Waals surface area contributed by atoms with E-state index in [1.54, 1.807) is 0 Å². The lowest BCUT2D eigenvalue weighted by Crippen LogP contribution is -2.49.